The Morgan fingerprint density at radius 1 is 1.56 bits per heavy atom. The number of hydrogen-bond acceptors (Lipinski definition) is 3. The average molecular weight is 285 g/mol. The van der Waals surface area contributed by atoms with Crippen molar-refractivity contribution in [2.75, 3.05) is 25.1 Å². The smallest absolute Gasteiger partial charge is 0.126 e. The van der Waals surface area contributed by atoms with Gasteiger partial charge in [-0.25, -0.2) is 4.98 Å². The molecule has 3 nitrogen and oxygen atoms in total. The van der Waals surface area contributed by atoms with E-state index in [1.54, 1.807) is 0 Å². The molecule has 0 aromatic carbocycles. The zero-order valence-corrected chi connectivity index (χ0v) is 11.3. The summed E-state index contributed by atoms with van der Waals surface area (Å²) in [5.74, 6) is 0.875. The van der Waals surface area contributed by atoms with Crippen LogP contribution in [0.1, 0.15) is 12.6 Å². The van der Waals surface area contributed by atoms with Crippen LogP contribution >= 0.6 is 15.9 Å². The Balaban J connectivity index is 2.27. The zero-order chi connectivity index (χ0) is 12.0. The van der Waals surface area contributed by atoms with Gasteiger partial charge < -0.3 is 10.1 Å². The summed E-state index contributed by atoms with van der Waals surface area (Å²) in [6, 6.07) is 3.93. The molecule has 1 aromatic rings. The standard InChI is InChI=1S/C12H17BrN2O/c1-9(2)8-16-7-6-14-12-5-4-11(13)10(3)15-12/h4-5H,1,6-8H2,2-3H3,(H,14,15). The molecule has 1 N–H and O–H groups in total. The Labute approximate surface area is 105 Å². The number of ether oxygens (including phenoxy) is 1. The summed E-state index contributed by atoms with van der Waals surface area (Å²) in [5.41, 5.74) is 2.02. The highest BCUT2D eigenvalue weighted by Gasteiger charge is 1.98. The molecule has 0 saturated carbocycles. The Bertz CT molecular complexity index is 366. The summed E-state index contributed by atoms with van der Waals surface area (Å²) >= 11 is 3.41. The fourth-order valence-electron chi connectivity index (χ4n) is 1.14. The van der Waals surface area contributed by atoms with Gasteiger partial charge in [0.1, 0.15) is 5.82 Å². The molecule has 1 aromatic heterocycles. The summed E-state index contributed by atoms with van der Waals surface area (Å²) in [7, 11) is 0. The quantitative estimate of drug-likeness (QED) is 0.644. The van der Waals surface area contributed by atoms with E-state index in [0.717, 1.165) is 28.1 Å². The molecule has 4 heteroatoms. The number of rotatable bonds is 6. The van der Waals surface area contributed by atoms with Crippen LogP contribution in [0.15, 0.2) is 28.8 Å². The highest BCUT2D eigenvalue weighted by molar-refractivity contribution is 9.10. The minimum Gasteiger partial charge on any atom is -0.375 e. The molecule has 0 aliphatic rings. The fourth-order valence-corrected chi connectivity index (χ4v) is 1.36. The Morgan fingerprint density at radius 2 is 2.31 bits per heavy atom. The van der Waals surface area contributed by atoms with Gasteiger partial charge in [-0.2, -0.15) is 0 Å². The van der Waals surface area contributed by atoms with Crippen LogP contribution in [-0.2, 0) is 4.74 Å². The van der Waals surface area contributed by atoms with Crippen LogP contribution in [0.3, 0.4) is 0 Å². The van der Waals surface area contributed by atoms with Crippen molar-refractivity contribution in [3.05, 3.63) is 34.5 Å². The third-order valence-electron chi connectivity index (χ3n) is 1.92. The highest BCUT2D eigenvalue weighted by atomic mass is 79.9. The largest absolute Gasteiger partial charge is 0.375 e. The van der Waals surface area contributed by atoms with Crippen LogP contribution in [0.4, 0.5) is 5.82 Å². The molecule has 0 unspecified atom stereocenters. The first-order valence-electron chi connectivity index (χ1n) is 5.18. The molecular formula is C12H17BrN2O. The first kappa shape index (κ1) is 13.2. The first-order chi connectivity index (χ1) is 7.59. The van der Waals surface area contributed by atoms with Crippen LogP contribution in [0.25, 0.3) is 0 Å². The molecule has 0 bridgehead atoms. The molecule has 0 aliphatic heterocycles. The van der Waals surface area contributed by atoms with E-state index in [4.69, 9.17) is 4.74 Å². The Hall–Kier alpha value is -0.870. The summed E-state index contributed by atoms with van der Waals surface area (Å²) in [6.45, 7) is 9.71. The van der Waals surface area contributed by atoms with Crippen molar-refractivity contribution in [1.82, 2.24) is 4.98 Å². The second kappa shape index (κ2) is 6.66. The number of pyridine rings is 1. The van der Waals surface area contributed by atoms with Gasteiger partial charge >= 0.3 is 0 Å². The lowest BCUT2D eigenvalue weighted by Crippen LogP contribution is -2.11. The molecular weight excluding hydrogens is 268 g/mol. The number of halogens is 1. The Kier molecular flexibility index (Phi) is 5.49. The normalized spacial score (nSPS) is 10.2. The molecule has 0 fully saturated rings. The predicted octanol–water partition coefficient (Wildman–Crippen LogP) is 3.16. The molecule has 16 heavy (non-hydrogen) atoms. The fraction of sp³-hybridized carbons (Fsp3) is 0.417. The Morgan fingerprint density at radius 3 is 2.94 bits per heavy atom. The van der Waals surface area contributed by atoms with Gasteiger partial charge in [-0.15, -0.1) is 0 Å². The topological polar surface area (TPSA) is 34.1 Å². The molecule has 0 atom stereocenters. The van der Waals surface area contributed by atoms with Crippen molar-refractivity contribution < 1.29 is 4.74 Å². The first-order valence-corrected chi connectivity index (χ1v) is 5.98. The number of hydrogen-bond donors (Lipinski definition) is 1. The molecule has 0 aliphatic carbocycles. The number of nitrogens with one attached hydrogen (secondary N) is 1. The third-order valence-corrected chi connectivity index (χ3v) is 2.76. The van der Waals surface area contributed by atoms with E-state index < -0.39 is 0 Å². The summed E-state index contributed by atoms with van der Waals surface area (Å²) in [6.07, 6.45) is 0. The van der Waals surface area contributed by atoms with Crippen molar-refractivity contribution in [2.24, 2.45) is 0 Å². The van der Waals surface area contributed by atoms with Gasteiger partial charge in [0.25, 0.3) is 0 Å². The lowest BCUT2D eigenvalue weighted by Gasteiger charge is -2.07. The van der Waals surface area contributed by atoms with Gasteiger partial charge in [-0.1, -0.05) is 12.2 Å². The minimum absolute atomic E-state index is 0.620. The molecule has 0 saturated heterocycles. The molecule has 1 heterocycles. The van der Waals surface area contributed by atoms with Crippen LogP contribution in [-0.4, -0.2) is 24.7 Å². The van der Waals surface area contributed by atoms with Gasteiger partial charge in [0, 0.05) is 11.0 Å². The minimum atomic E-state index is 0.620. The number of aromatic nitrogens is 1. The van der Waals surface area contributed by atoms with E-state index in [1.807, 2.05) is 26.0 Å². The van der Waals surface area contributed by atoms with Gasteiger partial charge in [0.15, 0.2) is 0 Å². The summed E-state index contributed by atoms with van der Waals surface area (Å²) in [5, 5.41) is 3.20. The van der Waals surface area contributed by atoms with E-state index in [-0.39, 0.29) is 0 Å². The van der Waals surface area contributed by atoms with E-state index >= 15 is 0 Å². The SMILES string of the molecule is C=C(C)COCCNc1ccc(Br)c(C)n1. The van der Waals surface area contributed by atoms with Gasteiger partial charge in [-0.05, 0) is 41.9 Å². The van der Waals surface area contributed by atoms with Crippen molar-refractivity contribution in [3.8, 4) is 0 Å². The lowest BCUT2D eigenvalue weighted by molar-refractivity contribution is 0.167. The molecule has 0 radical (unpaired) electrons. The monoisotopic (exact) mass is 284 g/mol. The predicted molar refractivity (Wildman–Crippen MR) is 70.8 cm³/mol. The van der Waals surface area contributed by atoms with E-state index in [9.17, 15) is 0 Å². The molecule has 88 valence electrons. The second-order valence-corrected chi connectivity index (χ2v) is 4.55. The number of anilines is 1. The van der Waals surface area contributed by atoms with Crippen LogP contribution in [0.5, 0.6) is 0 Å². The third kappa shape index (κ3) is 4.77. The number of nitrogens with zero attached hydrogens (tertiary/aromatic N) is 1. The summed E-state index contributed by atoms with van der Waals surface area (Å²) in [4.78, 5) is 4.37. The van der Waals surface area contributed by atoms with Crippen molar-refractivity contribution in [3.63, 3.8) is 0 Å². The van der Waals surface area contributed by atoms with E-state index in [1.165, 1.54) is 0 Å². The number of aryl methyl sites for hydroxylation is 1. The lowest BCUT2D eigenvalue weighted by atomic mass is 10.4. The second-order valence-electron chi connectivity index (χ2n) is 3.70. The van der Waals surface area contributed by atoms with Crippen molar-refractivity contribution >= 4 is 21.7 Å². The summed E-state index contributed by atoms with van der Waals surface area (Å²) < 4.78 is 6.40. The van der Waals surface area contributed by atoms with Gasteiger partial charge in [-0.3, -0.25) is 0 Å². The van der Waals surface area contributed by atoms with Crippen LogP contribution in [0.2, 0.25) is 0 Å². The van der Waals surface area contributed by atoms with Crippen molar-refractivity contribution in [2.45, 2.75) is 13.8 Å². The van der Waals surface area contributed by atoms with E-state index in [0.29, 0.717) is 13.2 Å². The van der Waals surface area contributed by atoms with Crippen molar-refractivity contribution in [1.29, 1.82) is 0 Å². The maximum absolute atomic E-state index is 5.37. The highest BCUT2D eigenvalue weighted by Crippen LogP contribution is 2.15. The molecule has 0 spiro atoms. The van der Waals surface area contributed by atoms with Crippen LogP contribution in [0, 0.1) is 6.92 Å². The average Bonchev–Trinajstić information content (AvgIpc) is 2.22. The zero-order valence-electron chi connectivity index (χ0n) is 9.72. The van der Waals surface area contributed by atoms with E-state index in [2.05, 4.69) is 32.8 Å². The van der Waals surface area contributed by atoms with Gasteiger partial charge in [0.05, 0.1) is 18.9 Å². The maximum Gasteiger partial charge on any atom is 0.126 e. The molecule has 0 amide bonds. The maximum atomic E-state index is 5.37. The van der Waals surface area contributed by atoms with Gasteiger partial charge in [0.2, 0.25) is 0 Å². The molecule has 1 rings (SSSR count). The van der Waals surface area contributed by atoms with Crippen LogP contribution < -0.4 is 5.32 Å².